The van der Waals surface area contributed by atoms with Gasteiger partial charge in [-0.2, -0.15) is 0 Å². The molecule has 0 spiro atoms. The van der Waals surface area contributed by atoms with Crippen LogP contribution in [0.5, 0.6) is 0 Å². The van der Waals surface area contributed by atoms with E-state index in [0.29, 0.717) is 0 Å². The molecule has 0 aliphatic carbocycles. The van der Waals surface area contributed by atoms with E-state index in [-0.39, 0.29) is 39.0 Å². The molecule has 0 saturated carbocycles. The van der Waals surface area contributed by atoms with Gasteiger partial charge < -0.3 is 39.0 Å². The number of hydrogen-bond donors (Lipinski definition) is 15. The molecule has 0 aromatic heterocycles. The molecule has 42 heavy (non-hydrogen) atoms. The van der Waals surface area contributed by atoms with Crippen molar-refractivity contribution in [1.82, 2.24) is 6.15 Å². The van der Waals surface area contributed by atoms with Crippen LogP contribution in [0.1, 0.15) is 0 Å². The molecule has 0 amide bonds. The fourth-order valence-corrected chi connectivity index (χ4v) is 0. The summed E-state index contributed by atoms with van der Waals surface area (Å²) in [6.45, 7) is 0. The van der Waals surface area contributed by atoms with E-state index >= 15 is 0 Å². The Morgan fingerprint density at radius 3 is 0.190 bits per heavy atom. The first-order chi connectivity index (χ1) is 14.0. The molecular weight excluding hydrogens is 1230 g/mol. The Balaban J connectivity index is -0.0000000177. The van der Waals surface area contributed by atoms with Gasteiger partial charge in [-0.15, -0.1) is 0 Å². The van der Waals surface area contributed by atoms with Gasteiger partial charge in [-0.1, -0.05) is 0 Å². The van der Waals surface area contributed by atoms with Gasteiger partial charge in [0.15, 0.2) is 0 Å². The molecule has 0 radical (unpaired) electrons. The van der Waals surface area contributed by atoms with Gasteiger partial charge >= 0.3 is 217 Å². The second-order valence-electron chi connectivity index (χ2n) is 3.13. The van der Waals surface area contributed by atoms with Crippen molar-refractivity contribution in [1.29, 1.82) is 0 Å². The molecule has 0 aliphatic rings. The SMILES string of the molecule is N.O.O.O.O.O.O.[O]=[Mo](=[O])([OH])[OH].[O]=[Mo](=[O])([OH])[OH].[O]=[Mo](=[O])([OH])[OH].[O]=[Mo](=[O])([OH])[OH].[O]=[Mo](=[O])([OH])[OH].[O]=[Mo](=[O])([OH])[OH].[O]=[Mo](=[O])([OH])[OH]. The van der Waals surface area contributed by atoms with Crippen molar-refractivity contribution in [2.45, 2.75) is 0 Å². The third-order valence-corrected chi connectivity index (χ3v) is 0. The quantitative estimate of drug-likeness (QED) is 0.100. The Bertz CT molecular complexity index is 911. The van der Waals surface area contributed by atoms with E-state index < -0.39 is 117 Å². The van der Waals surface area contributed by atoms with Crippen molar-refractivity contribution < 1.29 is 250 Å². The van der Waals surface area contributed by atoms with E-state index in [1.807, 2.05) is 0 Å². The fourth-order valence-electron chi connectivity index (χ4n) is 0. The zero-order valence-electron chi connectivity index (χ0n) is 18.5. The molecule has 0 heterocycles. The van der Waals surface area contributed by atoms with Crippen molar-refractivity contribution in [3.05, 3.63) is 0 Å². The predicted octanol–water partition coefficient (Wildman–Crippen LogP) is -14.3. The minimum absolute atomic E-state index is 0. The van der Waals surface area contributed by atoms with Gasteiger partial charge in [0.25, 0.3) is 0 Å². The standard InChI is InChI=1S/7Mo.H3N.20H2O.14O/h;;;;;;;1H3;20*1H2;;;;;;;;;;;;;;/q7*+2;;;;;;;;;;;;;;;;;;;;;;;;;;;;;;;;;;;/p-14. The van der Waals surface area contributed by atoms with E-state index in [0.717, 1.165) is 0 Å². The molecule has 0 bridgehead atoms. The van der Waals surface area contributed by atoms with Crippen LogP contribution in [0.25, 0.3) is 0 Å². The van der Waals surface area contributed by atoms with Gasteiger partial charge in [0, 0.05) is 0 Å². The Morgan fingerprint density at radius 1 is 0.190 bits per heavy atom. The van der Waals surface area contributed by atoms with E-state index in [4.69, 9.17) is 100 Å². The summed E-state index contributed by atoms with van der Waals surface area (Å²) >= 11 is -38.6. The number of rotatable bonds is 0. The van der Waals surface area contributed by atoms with Crippen LogP contribution in [0.15, 0.2) is 0 Å². The summed E-state index contributed by atoms with van der Waals surface area (Å²) in [6.07, 6.45) is 0. The van der Waals surface area contributed by atoms with E-state index in [2.05, 4.69) is 0 Å². The van der Waals surface area contributed by atoms with Crippen LogP contribution in [0, 0.1) is 0 Å². The average molecular weight is 1260 g/mol. The fraction of sp³-hybridized carbons (Fsp3) is 0. The third kappa shape index (κ3) is 47900. The molecule has 0 saturated heterocycles. The zero-order valence-corrected chi connectivity index (χ0v) is 32.6. The van der Waals surface area contributed by atoms with Crippen LogP contribution in [0.2, 0.25) is 0 Å². The molecule has 0 aliphatic heterocycles. The van der Waals surface area contributed by atoms with Crippen LogP contribution in [0.3, 0.4) is 0 Å². The zero-order chi connectivity index (χ0) is 31.5. The molecule has 280 valence electrons. The van der Waals surface area contributed by atoms with Crippen molar-refractivity contribution in [3.63, 3.8) is 0 Å². The minimum atomic E-state index is -5.52. The van der Waals surface area contributed by atoms with E-state index in [9.17, 15) is 0 Å². The second-order valence-corrected chi connectivity index (χ2v) is 18.5. The Hall–Kier alpha value is 1.18. The third-order valence-electron chi connectivity index (χ3n) is 0. The molecule has 42 heteroatoms. The van der Waals surface area contributed by atoms with E-state index in [1.165, 1.54) is 0 Å². The van der Waals surface area contributed by atoms with Gasteiger partial charge in [0.1, 0.15) is 0 Å². The van der Waals surface area contributed by atoms with Crippen molar-refractivity contribution >= 4 is 0 Å². The van der Waals surface area contributed by atoms with Crippen LogP contribution < -0.4 is 6.15 Å². The van der Waals surface area contributed by atoms with Gasteiger partial charge in [0.05, 0.1) is 0 Å². The van der Waals surface area contributed by atoms with Gasteiger partial charge in [0.2, 0.25) is 0 Å². The summed E-state index contributed by atoms with van der Waals surface area (Å²) in [5.74, 6) is 0. The van der Waals surface area contributed by atoms with Crippen LogP contribution >= 0.6 is 0 Å². The maximum atomic E-state index is 8.85. The van der Waals surface area contributed by atoms with Crippen molar-refractivity contribution in [2.24, 2.45) is 0 Å². The summed E-state index contributed by atoms with van der Waals surface area (Å²) in [4.78, 5) is 0. The van der Waals surface area contributed by atoms with Crippen molar-refractivity contribution in [3.8, 4) is 0 Å². The molecule has 0 atom stereocenters. The maximum absolute atomic E-state index is 8.85. The van der Waals surface area contributed by atoms with Crippen LogP contribution in [0.4, 0.5) is 0 Å². The summed E-state index contributed by atoms with van der Waals surface area (Å²) in [5.41, 5.74) is 0. The normalized spacial score (nSPS) is 9.67. The summed E-state index contributed by atoms with van der Waals surface area (Å²) < 4.78 is 224. The van der Waals surface area contributed by atoms with Gasteiger partial charge in [-0.3, -0.25) is 0 Å². The molecule has 0 aromatic carbocycles. The molecular formula is H29Mo7NO34. The summed E-state index contributed by atoms with van der Waals surface area (Å²) in [6, 6.07) is 0. The predicted molar refractivity (Wildman–Crippen MR) is 67.4 cm³/mol. The molecule has 0 rings (SSSR count). The number of hydrogen-bond acceptors (Lipinski definition) is 15. The second kappa shape index (κ2) is 38.4. The first kappa shape index (κ1) is 90.2. The Morgan fingerprint density at radius 2 is 0.190 bits per heavy atom. The van der Waals surface area contributed by atoms with Gasteiger partial charge in [-0.25, -0.2) is 0 Å². The van der Waals surface area contributed by atoms with Gasteiger partial charge in [-0.05, 0) is 0 Å². The summed E-state index contributed by atoms with van der Waals surface area (Å²) in [5, 5.41) is 0. The molecule has 0 aromatic rings. The summed E-state index contributed by atoms with van der Waals surface area (Å²) in [7, 11) is 0. The van der Waals surface area contributed by atoms with Crippen molar-refractivity contribution in [2.75, 3.05) is 0 Å². The monoisotopic (exact) mass is 1270 g/mol. The Labute approximate surface area is 253 Å². The first-order valence-electron chi connectivity index (χ1n) is 4.89. The molecule has 0 unspecified atom stereocenters. The molecule has 35 nitrogen and oxygen atoms in total. The average Bonchev–Trinajstić information content (AvgIpc) is 2.06. The molecule has 0 fully saturated rings. The topological polar surface area (TPSA) is 746 Å². The van der Waals surface area contributed by atoms with Crippen LogP contribution in [-0.2, 0) is 165 Å². The van der Waals surface area contributed by atoms with Crippen LogP contribution in [-0.4, -0.2) is 85.5 Å². The Kier molecular flexibility index (Phi) is 82.4. The van der Waals surface area contributed by atoms with E-state index in [1.54, 1.807) is 0 Å². The molecule has 29 N–H and O–H groups in total. The first-order valence-corrected chi connectivity index (χ1v) is 28.9.